The number of aliphatic hydroxyl groups excluding tert-OH is 10. The number of carbonyl (C=O) groups excluding carboxylic acids is 2. The van der Waals surface area contributed by atoms with Gasteiger partial charge in [-0.2, -0.15) is 0 Å². The van der Waals surface area contributed by atoms with E-state index in [4.69, 9.17) is 28.4 Å². The van der Waals surface area contributed by atoms with Gasteiger partial charge in [-0.3, -0.25) is 9.59 Å². The zero-order valence-corrected chi connectivity index (χ0v) is 27.2. The van der Waals surface area contributed by atoms with Gasteiger partial charge in [-0.25, -0.2) is 0 Å². The minimum atomic E-state index is -1.88. The van der Waals surface area contributed by atoms with E-state index in [0.29, 0.717) is 32.2 Å². The Labute approximate surface area is 282 Å². The molecule has 0 unspecified atom stereocenters. The molecule has 286 valence electrons. The number of aliphatic hydroxyl groups is 10. The highest BCUT2D eigenvalue weighted by atomic mass is 16.7. The Hall–Kier alpha value is -1.70. The lowest BCUT2D eigenvalue weighted by molar-refractivity contribution is -0.366. The van der Waals surface area contributed by atoms with Crippen LogP contribution in [-0.4, -0.2) is 195 Å². The molecule has 2 amide bonds. The number of unbranched alkanes of at least 4 members (excludes halogenated alkanes) is 2. The summed E-state index contributed by atoms with van der Waals surface area (Å²) in [6.45, 7) is 0.0569. The van der Waals surface area contributed by atoms with Gasteiger partial charge in [0.05, 0.1) is 26.4 Å². The lowest BCUT2D eigenvalue weighted by Crippen LogP contribution is -2.65. The molecule has 0 aromatic carbocycles. The average Bonchev–Trinajstić information content (AvgIpc) is 3.08. The van der Waals surface area contributed by atoms with Crippen molar-refractivity contribution in [1.82, 2.24) is 10.6 Å². The van der Waals surface area contributed by atoms with Gasteiger partial charge in [0.2, 0.25) is 11.8 Å². The van der Waals surface area contributed by atoms with Gasteiger partial charge in [-0.1, -0.05) is 6.42 Å². The molecule has 3 rings (SSSR count). The van der Waals surface area contributed by atoms with Crippen LogP contribution in [0, 0.1) is 0 Å². The van der Waals surface area contributed by atoms with Gasteiger partial charge in [0, 0.05) is 25.9 Å². The van der Waals surface area contributed by atoms with Crippen LogP contribution >= 0.6 is 0 Å². The van der Waals surface area contributed by atoms with Crippen LogP contribution in [0.4, 0.5) is 0 Å². The van der Waals surface area contributed by atoms with Crippen molar-refractivity contribution >= 4 is 11.8 Å². The first-order chi connectivity index (χ1) is 23.3. The van der Waals surface area contributed by atoms with E-state index in [-0.39, 0.29) is 31.4 Å². The molecule has 3 fully saturated rings. The van der Waals surface area contributed by atoms with Gasteiger partial charge in [0.1, 0.15) is 73.2 Å². The van der Waals surface area contributed by atoms with E-state index in [1.165, 1.54) is 0 Å². The molecule has 49 heavy (non-hydrogen) atoms. The number of carbonyl (C=O) groups is 2. The number of hydrogen-bond acceptors (Lipinski definition) is 18. The molecule has 15 atom stereocenters. The van der Waals surface area contributed by atoms with Gasteiger partial charge in [-0.05, 0) is 19.8 Å². The first-order valence-electron chi connectivity index (χ1n) is 16.4. The highest BCUT2D eigenvalue weighted by molar-refractivity contribution is 5.76. The van der Waals surface area contributed by atoms with Crippen molar-refractivity contribution in [1.29, 1.82) is 0 Å². The molecule has 12 N–H and O–H groups in total. The summed E-state index contributed by atoms with van der Waals surface area (Å²) < 4.78 is 33.1. The molecule has 3 saturated heterocycles. The third-order valence-electron chi connectivity index (χ3n) is 8.44. The van der Waals surface area contributed by atoms with E-state index in [1.54, 1.807) is 0 Å². The van der Waals surface area contributed by atoms with Gasteiger partial charge >= 0.3 is 0 Å². The van der Waals surface area contributed by atoms with E-state index < -0.39 is 112 Å². The predicted octanol–water partition coefficient (Wildman–Crippen LogP) is -6.35. The molecule has 3 aliphatic rings. The number of rotatable bonds is 18. The van der Waals surface area contributed by atoms with E-state index in [2.05, 4.69) is 10.6 Å². The van der Waals surface area contributed by atoms with E-state index in [9.17, 15) is 60.7 Å². The summed E-state index contributed by atoms with van der Waals surface area (Å²) in [7, 11) is 0. The van der Waals surface area contributed by atoms with Crippen LogP contribution in [0.2, 0.25) is 0 Å². The van der Waals surface area contributed by atoms with Gasteiger partial charge in [-0.15, -0.1) is 0 Å². The van der Waals surface area contributed by atoms with Crippen molar-refractivity contribution in [2.45, 2.75) is 131 Å². The summed E-state index contributed by atoms with van der Waals surface area (Å²) in [5.41, 5.74) is 0. The van der Waals surface area contributed by atoms with Crippen LogP contribution in [0.5, 0.6) is 0 Å². The van der Waals surface area contributed by atoms with Crippen LogP contribution in [0.15, 0.2) is 0 Å². The molecule has 20 heteroatoms. The SMILES string of the molecule is CCNC(=O)CCCCCC(=O)NCCO[C@@H]1O[C@H](CO[C@H]2O[C@H](CO)[C@@H](O)[C@H](O)[C@@H]2O)[C@@H](O)[C@H](O[C@H]2O[C@H](CO)[C@@H](O)[C@H](O)[C@@H]2O)[C@@H]1O. The summed E-state index contributed by atoms with van der Waals surface area (Å²) in [4.78, 5) is 23.7. The highest BCUT2D eigenvalue weighted by Gasteiger charge is 2.52. The molecule has 20 nitrogen and oxygen atoms in total. The number of nitrogens with one attached hydrogen (secondary N) is 2. The second-order valence-corrected chi connectivity index (χ2v) is 12.1. The topological polar surface area (TPSA) is 316 Å². The number of amides is 2. The molecule has 0 saturated carbocycles. The van der Waals surface area contributed by atoms with Gasteiger partial charge < -0.3 is 90.1 Å². The first kappa shape index (κ1) is 41.7. The van der Waals surface area contributed by atoms with E-state index in [1.807, 2.05) is 6.92 Å². The Bertz CT molecular complexity index is 995. The standard InChI is InChI=1S/C29H52N2O18/c1-2-30-16(34)6-4-3-5-7-17(35)31-8-9-44-28-25(43)26(49-29-24(42)22(40)19(37)14(11-33)47-29)20(38)15(48-28)12-45-27-23(41)21(39)18(36)13(10-32)46-27/h13-15,18-29,32-33,36-43H,2-12H2,1H3,(H,30,34)(H,31,35)/t13-,14-,15-,18-,19-,20-,21+,22+,23+,24+,25+,26+,27+,28-,29-/m1/s1. The molecule has 0 spiro atoms. The van der Waals surface area contributed by atoms with Gasteiger partial charge in [0.15, 0.2) is 18.9 Å². The van der Waals surface area contributed by atoms with Gasteiger partial charge in [0.25, 0.3) is 0 Å². The summed E-state index contributed by atoms with van der Waals surface area (Å²) in [5.74, 6) is -0.330. The predicted molar refractivity (Wildman–Crippen MR) is 160 cm³/mol. The molecule has 0 aromatic heterocycles. The van der Waals surface area contributed by atoms with Crippen LogP contribution in [0.1, 0.15) is 39.0 Å². The fourth-order valence-corrected chi connectivity index (χ4v) is 5.56. The minimum Gasteiger partial charge on any atom is -0.394 e. The third kappa shape index (κ3) is 11.4. The Kier molecular flexibility index (Phi) is 17.3. The van der Waals surface area contributed by atoms with Crippen LogP contribution in [0.25, 0.3) is 0 Å². The second-order valence-electron chi connectivity index (χ2n) is 12.1. The molecule has 0 bridgehead atoms. The van der Waals surface area contributed by atoms with Crippen molar-refractivity contribution in [2.75, 3.05) is 39.5 Å². The second kappa shape index (κ2) is 20.4. The maximum atomic E-state index is 12.2. The molecule has 0 radical (unpaired) electrons. The smallest absolute Gasteiger partial charge is 0.220 e. The Morgan fingerprint density at radius 3 is 1.67 bits per heavy atom. The lowest BCUT2D eigenvalue weighted by Gasteiger charge is -2.46. The minimum absolute atomic E-state index is 0.0167. The maximum absolute atomic E-state index is 12.2. The molecule has 0 aromatic rings. The zero-order chi connectivity index (χ0) is 36.2. The highest BCUT2D eigenvalue weighted by Crippen LogP contribution is 2.31. The quantitative estimate of drug-likeness (QED) is 0.0587. The van der Waals surface area contributed by atoms with E-state index in [0.717, 1.165) is 0 Å². The van der Waals surface area contributed by atoms with Crippen LogP contribution in [-0.2, 0) is 38.0 Å². The van der Waals surface area contributed by atoms with Crippen molar-refractivity contribution in [2.24, 2.45) is 0 Å². The molecular weight excluding hydrogens is 664 g/mol. The lowest BCUT2D eigenvalue weighted by atomic mass is 9.96. The fraction of sp³-hybridized carbons (Fsp3) is 0.931. The maximum Gasteiger partial charge on any atom is 0.220 e. The Morgan fingerprint density at radius 1 is 0.592 bits per heavy atom. The van der Waals surface area contributed by atoms with Crippen LogP contribution in [0.3, 0.4) is 0 Å². The molecule has 3 aliphatic heterocycles. The molecular formula is C29H52N2O18. The summed E-state index contributed by atoms with van der Waals surface area (Å²) >= 11 is 0. The van der Waals surface area contributed by atoms with Crippen molar-refractivity contribution in [3.05, 3.63) is 0 Å². The van der Waals surface area contributed by atoms with Crippen molar-refractivity contribution in [3.8, 4) is 0 Å². The Balaban J connectivity index is 1.61. The van der Waals surface area contributed by atoms with Crippen molar-refractivity contribution in [3.63, 3.8) is 0 Å². The third-order valence-corrected chi connectivity index (χ3v) is 8.44. The van der Waals surface area contributed by atoms with E-state index >= 15 is 0 Å². The fourth-order valence-electron chi connectivity index (χ4n) is 5.56. The van der Waals surface area contributed by atoms with Crippen LogP contribution < -0.4 is 10.6 Å². The Morgan fingerprint density at radius 2 is 1.10 bits per heavy atom. The molecule has 3 heterocycles. The summed E-state index contributed by atoms with van der Waals surface area (Å²) in [6, 6.07) is 0. The largest absolute Gasteiger partial charge is 0.394 e. The molecule has 0 aliphatic carbocycles. The zero-order valence-electron chi connectivity index (χ0n) is 27.2. The average molecular weight is 717 g/mol. The monoisotopic (exact) mass is 716 g/mol. The first-order valence-corrected chi connectivity index (χ1v) is 16.4. The number of ether oxygens (including phenoxy) is 6. The number of hydrogen-bond donors (Lipinski definition) is 12. The summed E-state index contributed by atoms with van der Waals surface area (Å²) in [6.07, 6.45) is -22.4. The summed E-state index contributed by atoms with van der Waals surface area (Å²) in [5, 5.41) is 108. The normalized spacial score (nSPS) is 39.8. The van der Waals surface area contributed by atoms with Crippen molar-refractivity contribution < 1.29 is 89.1 Å².